The molecule has 0 aliphatic carbocycles. The molecule has 0 atom stereocenters. The maximum Gasteiger partial charge on any atom is 0.280 e. The summed E-state index contributed by atoms with van der Waals surface area (Å²) in [4.78, 5) is 30.7. The van der Waals surface area contributed by atoms with Gasteiger partial charge >= 0.3 is 0 Å². The number of anilines is 1. The summed E-state index contributed by atoms with van der Waals surface area (Å²) in [5.74, 6) is 0.827. The van der Waals surface area contributed by atoms with E-state index in [0.29, 0.717) is 37.8 Å². The van der Waals surface area contributed by atoms with Gasteiger partial charge in [-0.05, 0) is 13.8 Å². The SMILES string of the molecule is Cc1cc(N2CCOCC2)nc(CNS(=O)(=O)c2cc([N+](=O)[O-])c(C)c([N+](=O)[O-])c2)n1. The molecule has 0 unspecified atom stereocenters. The molecule has 0 radical (unpaired) electrons. The zero-order valence-electron chi connectivity index (χ0n) is 16.8. The van der Waals surface area contributed by atoms with Gasteiger partial charge in [0, 0.05) is 37.0 Å². The lowest BCUT2D eigenvalue weighted by Crippen LogP contribution is -2.37. The highest BCUT2D eigenvalue weighted by molar-refractivity contribution is 7.89. The molecule has 3 rings (SSSR count). The van der Waals surface area contributed by atoms with Crippen LogP contribution in [-0.4, -0.2) is 54.5 Å². The van der Waals surface area contributed by atoms with E-state index in [1.807, 2.05) is 4.90 Å². The first kappa shape index (κ1) is 22.5. The third kappa shape index (κ3) is 5.10. The van der Waals surface area contributed by atoms with E-state index in [0.717, 1.165) is 12.1 Å². The van der Waals surface area contributed by atoms with Crippen LogP contribution in [0.1, 0.15) is 17.1 Å². The number of aryl methyl sites for hydroxylation is 1. The lowest BCUT2D eigenvalue weighted by atomic mass is 10.1. The van der Waals surface area contributed by atoms with E-state index in [4.69, 9.17) is 4.74 Å². The van der Waals surface area contributed by atoms with Crippen LogP contribution >= 0.6 is 0 Å². The third-order valence-electron chi connectivity index (χ3n) is 4.67. The minimum Gasteiger partial charge on any atom is -0.378 e. The summed E-state index contributed by atoms with van der Waals surface area (Å²) in [6.45, 7) is 5.02. The molecule has 166 valence electrons. The first-order valence-corrected chi connectivity index (χ1v) is 10.7. The number of nitro benzene ring substituents is 2. The smallest absolute Gasteiger partial charge is 0.280 e. The van der Waals surface area contributed by atoms with Crippen molar-refractivity contribution in [3.8, 4) is 0 Å². The summed E-state index contributed by atoms with van der Waals surface area (Å²) >= 11 is 0. The van der Waals surface area contributed by atoms with Crippen LogP contribution in [0.5, 0.6) is 0 Å². The van der Waals surface area contributed by atoms with Gasteiger partial charge in [0.25, 0.3) is 11.4 Å². The molecule has 0 spiro atoms. The maximum atomic E-state index is 12.7. The first-order chi connectivity index (χ1) is 14.6. The summed E-state index contributed by atoms with van der Waals surface area (Å²) in [5.41, 5.74) is -0.912. The fraction of sp³-hybridized carbons (Fsp3) is 0.412. The topological polar surface area (TPSA) is 171 Å². The van der Waals surface area contributed by atoms with Crippen molar-refractivity contribution >= 4 is 27.2 Å². The van der Waals surface area contributed by atoms with Gasteiger partial charge < -0.3 is 9.64 Å². The fourth-order valence-corrected chi connectivity index (χ4v) is 4.10. The molecule has 0 amide bonds. The van der Waals surface area contributed by atoms with Crippen molar-refractivity contribution in [1.29, 1.82) is 0 Å². The number of nitrogens with one attached hydrogen (secondary N) is 1. The molecule has 13 nitrogen and oxygen atoms in total. The van der Waals surface area contributed by atoms with Crippen LogP contribution in [0.3, 0.4) is 0 Å². The van der Waals surface area contributed by atoms with Crippen LogP contribution in [0.15, 0.2) is 23.1 Å². The van der Waals surface area contributed by atoms with Gasteiger partial charge in [-0.3, -0.25) is 20.2 Å². The highest BCUT2D eigenvalue weighted by Crippen LogP contribution is 2.31. The normalized spacial score (nSPS) is 14.5. The molecule has 31 heavy (non-hydrogen) atoms. The third-order valence-corrected chi connectivity index (χ3v) is 6.05. The lowest BCUT2D eigenvalue weighted by Gasteiger charge is -2.28. The van der Waals surface area contributed by atoms with Gasteiger partial charge in [-0.15, -0.1) is 0 Å². The maximum absolute atomic E-state index is 12.7. The number of nitrogens with zero attached hydrogens (tertiary/aromatic N) is 5. The van der Waals surface area contributed by atoms with Gasteiger partial charge in [-0.2, -0.15) is 0 Å². The number of aromatic nitrogens is 2. The van der Waals surface area contributed by atoms with E-state index in [9.17, 15) is 28.6 Å². The molecule has 2 heterocycles. The van der Waals surface area contributed by atoms with E-state index in [2.05, 4.69) is 14.7 Å². The zero-order valence-corrected chi connectivity index (χ0v) is 17.6. The highest BCUT2D eigenvalue weighted by Gasteiger charge is 2.28. The quantitative estimate of drug-likeness (QED) is 0.476. The van der Waals surface area contributed by atoms with Gasteiger partial charge in [0.2, 0.25) is 10.0 Å². The Morgan fingerprint density at radius 2 is 1.65 bits per heavy atom. The Morgan fingerprint density at radius 3 is 2.19 bits per heavy atom. The summed E-state index contributed by atoms with van der Waals surface area (Å²) in [5, 5.41) is 22.4. The predicted octanol–water partition coefficient (Wildman–Crippen LogP) is 1.22. The Hall–Kier alpha value is -3.23. The molecule has 1 N–H and O–H groups in total. The second-order valence-corrected chi connectivity index (χ2v) is 8.58. The second-order valence-electron chi connectivity index (χ2n) is 6.81. The number of hydrogen-bond donors (Lipinski definition) is 1. The monoisotopic (exact) mass is 452 g/mol. The van der Waals surface area contributed by atoms with Crippen LogP contribution < -0.4 is 9.62 Å². The van der Waals surface area contributed by atoms with Gasteiger partial charge in [0.05, 0.1) is 34.5 Å². The number of hydrogen-bond acceptors (Lipinski definition) is 10. The van der Waals surface area contributed by atoms with Crippen molar-refractivity contribution in [1.82, 2.24) is 14.7 Å². The van der Waals surface area contributed by atoms with Crippen LogP contribution in [0.2, 0.25) is 0 Å². The largest absolute Gasteiger partial charge is 0.378 e. The van der Waals surface area contributed by atoms with Crippen molar-refractivity contribution in [3.63, 3.8) is 0 Å². The summed E-state index contributed by atoms with van der Waals surface area (Å²) in [6.07, 6.45) is 0. The molecular weight excluding hydrogens is 432 g/mol. The number of rotatable bonds is 7. The van der Waals surface area contributed by atoms with Gasteiger partial charge in [0.1, 0.15) is 17.2 Å². The van der Waals surface area contributed by atoms with Crippen LogP contribution in [-0.2, 0) is 21.3 Å². The summed E-state index contributed by atoms with van der Waals surface area (Å²) in [6, 6.07) is 3.36. The minimum atomic E-state index is -4.31. The van der Waals surface area contributed by atoms with Gasteiger partial charge in [0.15, 0.2) is 0 Å². The Labute approximate surface area is 177 Å². The van der Waals surface area contributed by atoms with E-state index in [1.165, 1.54) is 6.92 Å². The van der Waals surface area contributed by atoms with E-state index < -0.39 is 36.1 Å². The number of benzene rings is 1. The molecule has 1 saturated heterocycles. The van der Waals surface area contributed by atoms with Crippen LogP contribution in [0, 0.1) is 34.1 Å². The lowest BCUT2D eigenvalue weighted by molar-refractivity contribution is -0.395. The van der Waals surface area contributed by atoms with Crippen molar-refractivity contribution in [2.24, 2.45) is 0 Å². The van der Waals surface area contributed by atoms with Gasteiger partial charge in [-0.25, -0.2) is 23.1 Å². The molecule has 0 bridgehead atoms. The molecular formula is C17H20N6O7S. The number of morpholine rings is 1. The summed E-state index contributed by atoms with van der Waals surface area (Å²) in [7, 11) is -4.31. The average Bonchev–Trinajstić information content (AvgIpc) is 2.72. The average molecular weight is 452 g/mol. The van der Waals surface area contributed by atoms with E-state index in [-0.39, 0.29) is 17.9 Å². The van der Waals surface area contributed by atoms with Crippen molar-refractivity contribution in [2.75, 3.05) is 31.2 Å². The number of sulfonamides is 1. The van der Waals surface area contributed by atoms with Crippen molar-refractivity contribution in [3.05, 3.63) is 55.5 Å². The Balaban J connectivity index is 1.87. The predicted molar refractivity (Wildman–Crippen MR) is 108 cm³/mol. The molecule has 14 heteroatoms. The fourth-order valence-electron chi connectivity index (χ4n) is 3.08. The van der Waals surface area contributed by atoms with Crippen molar-refractivity contribution < 1.29 is 23.0 Å². The summed E-state index contributed by atoms with van der Waals surface area (Å²) < 4.78 is 33.0. The van der Waals surface area contributed by atoms with Crippen LogP contribution in [0.4, 0.5) is 17.2 Å². The zero-order chi connectivity index (χ0) is 22.8. The second kappa shape index (κ2) is 8.87. The molecule has 0 saturated carbocycles. The van der Waals surface area contributed by atoms with E-state index in [1.54, 1.807) is 13.0 Å². The van der Waals surface area contributed by atoms with Gasteiger partial charge in [-0.1, -0.05) is 0 Å². The molecule has 1 aliphatic heterocycles. The van der Waals surface area contributed by atoms with Crippen molar-refractivity contribution in [2.45, 2.75) is 25.3 Å². The Kier molecular flexibility index (Phi) is 6.42. The first-order valence-electron chi connectivity index (χ1n) is 9.19. The Bertz CT molecular complexity index is 1100. The molecule has 1 aromatic heterocycles. The molecule has 1 aliphatic rings. The minimum absolute atomic E-state index is 0.196. The van der Waals surface area contributed by atoms with Crippen LogP contribution in [0.25, 0.3) is 0 Å². The molecule has 1 fully saturated rings. The van der Waals surface area contributed by atoms with E-state index >= 15 is 0 Å². The molecule has 1 aromatic carbocycles. The number of nitro groups is 2. The standard InChI is InChI=1S/C17H20N6O7S/c1-11-7-17(21-3-5-30-6-4-21)20-16(19-11)10-18-31(28,29)13-8-14(22(24)25)12(2)15(9-13)23(26)27/h7-9,18H,3-6,10H2,1-2H3. The Morgan fingerprint density at radius 1 is 1.06 bits per heavy atom. The highest BCUT2D eigenvalue weighted by atomic mass is 32.2. The molecule has 2 aromatic rings. The number of ether oxygens (including phenoxy) is 1.